The van der Waals surface area contributed by atoms with Crippen LogP contribution in [0.1, 0.15) is 24.6 Å². The molecule has 0 saturated carbocycles. The number of unbranched alkanes of at least 4 members (excludes halogenated alkanes) is 1. The molecule has 90 valence electrons. The summed E-state index contributed by atoms with van der Waals surface area (Å²) in [6.45, 7) is 3.71. The normalized spacial score (nSPS) is 10.2. The van der Waals surface area contributed by atoms with Crippen molar-refractivity contribution in [1.29, 1.82) is 0 Å². The van der Waals surface area contributed by atoms with Gasteiger partial charge in [-0.05, 0) is 17.9 Å². The van der Waals surface area contributed by atoms with E-state index in [1.807, 2.05) is 16.3 Å². The van der Waals surface area contributed by atoms with Crippen molar-refractivity contribution >= 4 is 17.4 Å². The molecule has 0 aliphatic carbocycles. The van der Waals surface area contributed by atoms with Gasteiger partial charge in [0.25, 0.3) is 0 Å². The summed E-state index contributed by atoms with van der Waals surface area (Å²) in [5.41, 5.74) is 0. The SMILES string of the molecule is CCCCN(Cc1cccs1)C(=O)N(C)C. The summed E-state index contributed by atoms with van der Waals surface area (Å²) >= 11 is 1.70. The van der Waals surface area contributed by atoms with Crippen molar-refractivity contribution in [1.82, 2.24) is 9.80 Å². The highest BCUT2D eigenvalue weighted by atomic mass is 32.1. The van der Waals surface area contributed by atoms with Crippen LogP contribution in [0.25, 0.3) is 0 Å². The fourth-order valence-corrected chi connectivity index (χ4v) is 2.18. The Labute approximate surface area is 102 Å². The van der Waals surface area contributed by atoms with Gasteiger partial charge in [0, 0.05) is 25.5 Å². The van der Waals surface area contributed by atoms with E-state index >= 15 is 0 Å². The van der Waals surface area contributed by atoms with Crippen LogP contribution in [0.5, 0.6) is 0 Å². The Kier molecular flexibility index (Phi) is 5.32. The number of hydrogen-bond donors (Lipinski definition) is 0. The smallest absolute Gasteiger partial charge is 0.319 e. The minimum absolute atomic E-state index is 0.0989. The summed E-state index contributed by atoms with van der Waals surface area (Å²) < 4.78 is 0. The van der Waals surface area contributed by atoms with Crippen LogP contribution in [-0.2, 0) is 6.54 Å². The minimum Gasteiger partial charge on any atom is -0.331 e. The summed E-state index contributed by atoms with van der Waals surface area (Å²) in [6.07, 6.45) is 2.17. The summed E-state index contributed by atoms with van der Waals surface area (Å²) in [6, 6.07) is 4.20. The van der Waals surface area contributed by atoms with Gasteiger partial charge in [0.2, 0.25) is 0 Å². The summed E-state index contributed by atoms with van der Waals surface area (Å²) in [4.78, 5) is 16.7. The number of carbonyl (C=O) groups excluding carboxylic acids is 1. The third-order valence-electron chi connectivity index (χ3n) is 2.36. The lowest BCUT2D eigenvalue weighted by atomic mass is 10.3. The maximum absolute atomic E-state index is 11.9. The second-order valence-electron chi connectivity index (χ2n) is 4.03. The van der Waals surface area contributed by atoms with Gasteiger partial charge < -0.3 is 9.80 Å². The van der Waals surface area contributed by atoms with Gasteiger partial charge in [0.05, 0.1) is 6.54 Å². The van der Waals surface area contributed by atoms with Crippen molar-refractivity contribution in [2.75, 3.05) is 20.6 Å². The predicted molar refractivity (Wildman–Crippen MR) is 68.7 cm³/mol. The van der Waals surface area contributed by atoms with Gasteiger partial charge in [-0.3, -0.25) is 0 Å². The van der Waals surface area contributed by atoms with E-state index in [0.29, 0.717) is 0 Å². The number of hydrogen-bond acceptors (Lipinski definition) is 2. The molecule has 0 spiro atoms. The zero-order valence-electron chi connectivity index (χ0n) is 10.3. The van der Waals surface area contributed by atoms with Crippen LogP contribution in [0, 0.1) is 0 Å². The molecule has 1 aromatic heterocycles. The predicted octanol–water partition coefficient (Wildman–Crippen LogP) is 3.03. The molecule has 0 fully saturated rings. The fraction of sp³-hybridized carbons (Fsp3) is 0.583. The molecule has 16 heavy (non-hydrogen) atoms. The van der Waals surface area contributed by atoms with Crippen molar-refractivity contribution in [2.45, 2.75) is 26.3 Å². The number of nitrogens with zero attached hydrogens (tertiary/aromatic N) is 2. The Morgan fingerprint density at radius 1 is 1.44 bits per heavy atom. The highest BCUT2D eigenvalue weighted by Gasteiger charge is 2.15. The average molecular weight is 240 g/mol. The number of thiophene rings is 1. The maximum Gasteiger partial charge on any atom is 0.319 e. The first-order chi connectivity index (χ1) is 7.65. The molecule has 0 aromatic carbocycles. The molecule has 1 rings (SSSR count). The molecule has 0 saturated heterocycles. The van der Waals surface area contributed by atoms with E-state index in [2.05, 4.69) is 13.0 Å². The van der Waals surface area contributed by atoms with Crippen LogP contribution < -0.4 is 0 Å². The van der Waals surface area contributed by atoms with Crippen molar-refractivity contribution in [2.24, 2.45) is 0 Å². The number of carbonyl (C=O) groups is 1. The van der Waals surface area contributed by atoms with Crippen molar-refractivity contribution < 1.29 is 4.79 Å². The monoisotopic (exact) mass is 240 g/mol. The highest BCUT2D eigenvalue weighted by molar-refractivity contribution is 7.09. The van der Waals surface area contributed by atoms with Crippen LogP contribution in [0.4, 0.5) is 4.79 Å². The van der Waals surface area contributed by atoms with Crippen LogP contribution in [-0.4, -0.2) is 36.5 Å². The molecule has 0 radical (unpaired) electrons. The molecule has 0 aliphatic rings. The summed E-state index contributed by atoms with van der Waals surface area (Å²) in [5, 5.41) is 2.05. The zero-order valence-corrected chi connectivity index (χ0v) is 11.1. The molecular formula is C12H20N2OS. The Morgan fingerprint density at radius 3 is 2.69 bits per heavy atom. The van der Waals surface area contributed by atoms with Gasteiger partial charge in [0.1, 0.15) is 0 Å². The third kappa shape index (κ3) is 3.85. The van der Waals surface area contributed by atoms with E-state index in [-0.39, 0.29) is 6.03 Å². The topological polar surface area (TPSA) is 23.6 Å². The van der Waals surface area contributed by atoms with E-state index in [1.54, 1.807) is 30.3 Å². The standard InChI is InChI=1S/C12H20N2OS/c1-4-5-8-14(12(15)13(2)3)10-11-7-6-9-16-11/h6-7,9H,4-5,8,10H2,1-3H3. The quantitative estimate of drug-likeness (QED) is 0.776. The number of urea groups is 1. The summed E-state index contributed by atoms with van der Waals surface area (Å²) in [5.74, 6) is 0. The molecule has 0 N–H and O–H groups in total. The van der Waals surface area contributed by atoms with E-state index < -0.39 is 0 Å². The van der Waals surface area contributed by atoms with Crippen LogP contribution in [0.2, 0.25) is 0 Å². The Balaban J connectivity index is 2.60. The van der Waals surface area contributed by atoms with Gasteiger partial charge in [0.15, 0.2) is 0 Å². The van der Waals surface area contributed by atoms with Gasteiger partial charge in [-0.2, -0.15) is 0 Å². The first kappa shape index (κ1) is 13.0. The van der Waals surface area contributed by atoms with Crippen LogP contribution >= 0.6 is 11.3 Å². The van der Waals surface area contributed by atoms with Gasteiger partial charge in [-0.1, -0.05) is 19.4 Å². The summed E-state index contributed by atoms with van der Waals surface area (Å²) in [7, 11) is 3.60. The molecule has 0 bridgehead atoms. The second-order valence-corrected chi connectivity index (χ2v) is 5.06. The lowest BCUT2D eigenvalue weighted by molar-refractivity contribution is 0.168. The first-order valence-electron chi connectivity index (χ1n) is 5.63. The largest absolute Gasteiger partial charge is 0.331 e. The molecule has 0 aliphatic heterocycles. The van der Waals surface area contributed by atoms with Crippen molar-refractivity contribution in [3.05, 3.63) is 22.4 Å². The molecule has 2 amide bonds. The molecule has 1 aromatic rings. The average Bonchev–Trinajstić information content (AvgIpc) is 2.75. The van der Waals surface area contributed by atoms with Crippen LogP contribution in [0.15, 0.2) is 17.5 Å². The van der Waals surface area contributed by atoms with E-state index in [0.717, 1.165) is 25.9 Å². The molecule has 0 unspecified atom stereocenters. The first-order valence-corrected chi connectivity index (χ1v) is 6.51. The third-order valence-corrected chi connectivity index (χ3v) is 3.22. The Bertz CT molecular complexity index is 309. The van der Waals surface area contributed by atoms with Crippen molar-refractivity contribution in [3.63, 3.8) is 0 Å². The number of rotatable bonds is 5. The lowest BCUT2D eigenvalue weighted by Gasteiger charge is -2.25. The zero-order chi connectivity index (χ0) is 12.0. The Morgan fingerprint density at radius 2 is 2.19 bits per heavy atom. The van der Waals surface area contributed by atoms with E-state index in [1.165, 1.54) is 4.88 Å². The second kappa shape index (κ2) is 6.53. The Hall–Kier alpha value is -1.03. The minimum atomic E-state index is 0.0989. The molecular weight excluding hydrogens is 220 g/mol. The molecule has 4 heteroatoms. The lowest BCUT2D eigenvalue weighted by Crippen LogP contribution is -2.39. The molecule has 1 heterocycles. The molecule has 0 atom stereocenters. The molecule has 3 nitrogen and oxygen atoms in total. The van der Waals surface area contributed by atoms with Crippen LogP contribution in [0.3, 0.4) is 0 Å². The van der Waals surface area contributed by atoms with Gasteiger partial charge in [-0.15, -0.1) is 11.3 Å². The van der Waals surface area contributed by atoms with E-state index in [9.17, 15) is 4.79 Å². The van der Waals surface area contributed by atoms with Crippen molar-refractivity contribution in [3.8, 4) is 0 Å². The van der Waals surface area contributed by atoms with Gasteiger partial charge in [-0.25, -0.2) is 4.79 Å². The highest BCUT2D eigenvalue weighted by Crippen LogP contribution is 2.13. The maximum atomic E-state index is 11.9. The fourth-order valence-electron chi connectivity index (χ4n) is 1.46. The van der Waals surface area contributed by atoms with Gasteiger partial charge >= 0.3 is 6.03 Å². The number of amides is 2. The van der Waals surface area contributed by atoms with E-state index in [4.69, 9.17) is 0 Å².